The third kappa shape index (κ3) is 8.09. The molecule has 31 heavy (non-hydrogen) atoms. The molecule has 1 amide bonds. The molecule has 1 aliphatic heterocycles. The van der Waals surface area contributed by atoms with Crippen LogP contribution in [0.4, 0.5) is 0 Å². The van der Waals surface area contributed by atoms with Crippen LogP contribution in [-0.2, 0) is 17.8 Å². The number of amides is 1. The summed E-state index contributed by atoms with van der Waals surface area (Å²) < 4.78 is 5.33. The van der Waals surface area contributed by atoms with Crippen LogP contribution < -0.4 is 10.6 Å². The fraction of sp³-hybridized carbons (Fsp3) is 0.640. The zero-order valence-corrected chi connectivity index (χ0v) is 19.0. The lowest BCUT2D eigenvalue weighted by atomic mass is 9.97. The van der Waals surface area contributed by atoms with E-state index >= 15 is 0 Å². The molecule has 1 fully saturated rings. The number of benzene rings is 1. The van der Waals surface area contributed by atoms with Crippen LogP contribution in [0.2, 0.25) is 0 Å². The predicted molar refractivity (Wildman–Crippen MR) is 123 cm³/mol. The number of nitrogens with zero attached hydrogens (tertiary/aromatic N) is 2. The first-order valence-corrected chi connectivity index (χ1v) is 12.2. The van der Waals surface area contributed by atoms with Crippen LogP contribution in [0.5, 0.6) is 0 Å². The van der Waals surface area contributed by atoms with Crippen molar-refractivity contribution < 1.29 is 9.32 Å². The molecule has 0 atom stereocenters. The fourth-order valence-corrected chi connectivity index (χ4v) is 4.12. The largest absolute Gasteiger partial charge is 0.347 e. The van der Waals surface area contributed by atoms with Gasteiger partial charge < -0.3 is 15.2 Å². The minimum atomic E-state index is 0.0755. The van der Waals surface area contributed by atoms with E-state index in [-0.39, 0.29) is 18.4 Å². The Morgan fingerprint density at radius 3 is 2.42 bits per heavy atom. The maximum absolute atomic E-state index is 12.2. The van der Waals surface area contributed by atoms with Gasteiger partial charge in [-0.05, 0) is 44.3 Å². The predicted octanol–water partition coefficient (Wildman–Crippen LogP) is 5.04. The third-order valence-corrected chi connectivity index (χ3v) is 6.12. The molecule has 6 nitrogen and oxygen atoms in total. The Morgan fingerprint density at radius 1 is 1.03 bits per heavy atom. The molecule has 170 valence electrons. The first kappa shape index (κ1) is 23.5. The molecule has 1 aromatic carbocycles. The standard InChI is InChI=1S/C25H38N4O2/c1-2-3-4-5-6-7-8-9-10-20-11-13-21(14-12-20)24-28-23(31-29-24)19-27-25(30)22-15-17-26-18-16-22/h11-14,22,26H,2-10,15-19H2,1H3,(H,27,30). The third-order valence-electron chi connectivity index (χ3n) is 6.12. The summed E-state index contributed by atoms with van der Waals surface area (Å²) in [6.45, 7) is 4.35. The molecule has 3 rings (SSSR count). The molecular formula is C25H38N4O2. The molecule has 2 N–H and O–H groups in total. The number of unbranched alkanes of at least 4 members (excludes halogenated alkanes) is 7. The quantitative estimate of drug-likeness (QED) is 0.439. The minimum Gasteiger partial charge on any atom is -0.347 e. The van der Waals surface area contributed by atoms with Gasteiger partial charge >= 0.3 is 0 Å². The molecule has 0 unspecified atom stereocenters. The molecule has 0 spiro atoms. The van der Waals surface area contributed by atoms with Gasteiger partial charge in [0.2, 0.25) is 17.6 Å². The number of piperidine rings is 1. The van der Waals surface area contributed by atoms with Crippen molar-refractivity contribution in [3.05, 3.63) is 35.7 Å². The summed E-state index contributed by atoms with van der Waals surface area (Å²) in [7, 11) is 0. The van der Waals surface area contributed by atoms with Crippen LogP contribution in [-0.4, -0.2) is 29.1 Å². The normalized spacial score (nSPS) is 14.6. The van der Waals surface area contributed by atoms with Crippen molar-refractivity contribution in [1.29, 1.82) is 0 Å². The highest BCUT2D eigenvalue weighted by atomic mass is 16.5. The lowest BCUT2D eigenvalue weighted by Gasteiger charge is -2.21. The zero-order valence-electron chi connectivity index (χ0n) is 19.0. The molecule has 6 heteroatoms. The first-order chi connectivity index (χ1) is 15.3. The highest BCUT2D eigenvalue weighted by molar-refractivity contribution is 5.78. The maximum Gasteiger partial charge on any atom is 0.246 e. The number of hydrogen-bond acceptors (Lipinski definition) is 5. The molecule has 0 radical (unpaired) electrons. The van der Waals surface area contributed by atoms with Crippen molar-refractivity contribution in [1.82, 2.24) is 20.8 Å². The van der Waals surface area contributed by atoms with Crippen molar-refractivity contribution in [2.45, 2.75) is 84.1 Å². The Balaban J connectivity index is 1.37. The first-order valence-electron chi connectivity index (χ1n) is 12.2. The maximum atomic E-state index is 12.2. The van der Waals surface area contributed by atoms with E-state index in [1.807, 2.05) is 0 Å². The zero-order chi connectivity index (χ0) is 21.7. The van der Waals surface area contributed by atoms with Gasteiger partial charge in [0.25, 0.3) is 0 Å². The smallest absolute Gasteiger partial charge is 0.246 e. The van der Waals surface area contributed by atoms with Crippen molar-refractivity contribution in [3.63, 3.8) is 0 Å². The number of aromatic nitrogens is 2. The molecule has 2 heterocycles. The van der Waals surface area contributed by atoms with Gasteiger partial charge in [-0.25, -0.2) is 0 Å². The van der Waals surface area contributed by atoms with E-state index in [9.17, 15) is 4.79 Å². The monoisotopic (exact) mass is 426 g/mol. The second-order valence-corrected chi connectivity index (χ2v) is 8.68. The lowest BCUT2D eigenvalue weighted by molar-refractivity contribution is -0.126. The van der Waals surface area contributed by atoms with Crippen molar-refractivity contribution in [2.24, 2.45) is 5.92 Å². The summed E-state index contributed by atoms with van der Waals surface area (Å²) in [5.41, 5.74) is 2.30. The fourth-order valence-electron chi connectivity index (χ4n) is 4.12. The second kappa shape index (κ2) is 13.3. The van der Waals surface area contributed by atoms with Gasteiger partial charge in [0.1, 0.15) is 0 Å². The summed E-state index contributed by atoms with van der Waals surface area (Å²) in [5, 5.41) is 10.3. The summed E-state index contributed by atoms with van der Waals surface area (Å²) >= 11 is 0. The summed E-state index contributed by atoms with van der Waals surface area (Å²) in [4.78, 5) is 16.7. The average molecular weight is 427 g/mol. The molecule has 2 aromatic rings. The van der Waals surface area contributed by atoms with E-state index in [0.29, 0.717) is 11.7 Å². The van der Waals surface area contributed by atoms with Crippen molar-refractivity contribution >= 4 is 5.91 Å². The topological polar surface area (TPSA) is 80.0 Å². The van der Waals surface area contributed by atoms with Crippen LogP contribution in [0, 0.1) is 5.92 Å². The Morgan fingerprint density at radius 2 is 1.71 bits per heavy atom. The summed E-state index contributed by atoms with van der Waals surface area (Å²) in [5.74, 6) is 1.17. The molecule has 0 aliphatic carbocycles. The van der Waals surface area contributed by atoms with Crippen LogP contribution in [0.15, 0.2) is 28.8 Å². The van der Waals surface area contributed by atoms with Gasteiger partial charge in [-0.15, -0.1) is 0 Å². The minimum absolute atomic E-state index is 0.0755. The molecule has 1 saturated heterocycles. The van der Waals surface area contributed by atoms with Gasteiger partial charge in [0.05, 0.1) is 6.54 Å². The molecule has 1 aliphatic rings. The van der Waals surface area contributed by atoms with E-state index in [0.717, 1.165) is 37.9 Å². The van der Waals surface area contributed by atoms with Gasteiger partial charge in [-0.1, -0.05) is 81.3 Å². The molecule has 1 aromatic heterocycles. The van der Waals surface area contributed by atoms with E-state index in [1.165, 1.54) is 56.9 Å². The van der Waals surface area contributed by atoms with Crippen molar-refractivity contribution in [3.8, 4) is 11.4 Å². The number of rotatable bonds is 13. The average Bonchev–Trinajstić information content (AvgIpc) is 3.29. The molecule has 0 saturated carbocycles. The Labute approximate surface area is 186 Å². The van der Waals surface area contributed by atoms with Crippen molar-refractivity contribution in [2.75, 3.05) is 13.1 Å². The van der Waals surface area contributed by atoms with E-state index < -0.39 is 0 Å². The summed E-state index contributed by atoms with van der Waals surface area (Å²) in [6.07, 6.45) is 13.6. The van der Waals surface area contributed by atoms with Crippen LogP contribution in [0.3, 0.4) is 0 Å². The van der Waals surface area contributed by atoms with Crippen LogP contribution in [0.1, 0.15) is 82.6 Å². The highest BCUT2D eigenvalue weighted by Crippen LogP contribution is 2.18. The van der Waals surface area contributed by atoms with Gasteiger partial charge in [0.15, 0.2) is 0 Å². The van der Waals surface area contributed by atoms with E-state index in [1.54, 1.807) is 0 Å². The molecular weight excluding hydrogens is 388 g/mol. The summed E-state index contributed by atoms with van der Waals surface area (Å²) in [6, 6.07) is 8.43. The van der Waals surface area contributed by atoms with Gasteiger partial charge in [-0.2, -0.15) is 4.98 Å². The number of carbonyl (C=O) groups excluding carboxylic acids is 1. The van der Waals surface area contributed by atoms with Crippen LogP contribution >= 0.6 is 0 Å². The highest BCUT2D eigenvalue weighted by Gasteiger charge is 2.21. The number of hydrogen-bond donors (Lipinski definition) is 2. The van der Waals surface area contributed by atoms with Gasteiger partial charge in [0, 0.05) is 11.5 Å². The number of carbonyl (C=O) groups is 1. The Bertz CT molecular complexity index is 766. The number of nitrogens with one attached hydrogen (secondary N) is 2. The number of aryl methyl sites for hydroxylation is 1. The van der Waals surface area contributed by atoms with E-state index in [2.05, 4.69) is 52.0 Å². The van der Waals surface area contributed by atoms with Gasteiger partial charge in [-0.3, -0.25) is 4.79 Å². The van der Waals surface area contributed by atoms with E-state index in [4.69, 9.17) is 4.52 Å². The second-order valence-electron chi connectivity index (χ2n) is 8.68. The lowest BCUT2D eigenvalue weighted by Crippen LogP contribution is -2.37. The Hall–Kier alpha value is -2.21. The Kier molecular flexibility index (Phi) is 10.0. The SMILES string of the molecule is CCCCCCCCCCc1ccc(-c2noc(CNC(=O)C3CCNCC3)n2)cc1. The molecule has 0 bridgehead atoms. The van der Waals surface area contributed by atoms with Crippen LogP contribution in [0.25, 0.3) is 11.4 Å².